The quantitative estimate of drug-likeness (QED) is 0.594. The average Bonchev–Trinajstić information content (AvgIpc) is 3.15. The number of likely N-dealkylation sites (tertiary alicyclic amines) is 1. The van der Waals surface area contributed by atoms with Crippen LogP contribution in [0.2, 0.25) is 0 Å². The first-order valence-corrected chi connectivity index (χ1v) is 10.8. The summed E-state index contributed by atoms with van der Waals surface area (Å²) >= 11 is 0. The van der Waals surface area contributed by atoms with E-state index in [1.54, 1.807) is 7.11 Å². The zero-order chi connectivity index (χ0) is 22.0. The van der Waals surface area contributed by atoms with Gasteiger partial charge in [0.25, 0.3) is 5.91 Å². The molecule has 1 saturated heterocycles. The molecule has 2 aromatic carbocycles. The molecule has 0 bridgehead atoms. The number of esters is 1. The molecule has 3 atom stereocenters. The number of anilines is 1. The minimum absolute atomic E-state index is 0.117. The first kappa shape index (κ1) is 21.2. The van der Waals surface area contributed by atoms with Gasteiger partial charge in [-0.1, -0.05) is 18.2 Å². The van der Waals surface area contributed by atoms with E-state index in [9.17, 15) is 9.59 Å². The maximum absolute atomic E-state index is 13.1. The van der Waals surface area contributed by atoms with Crippen LogP contribution in [0.1, 0.15) is 26.7 Å². The van der Waals surface area contributed by atoms with Crippen LogP contribution >= 0.6 is 0 Å². The number of benzene rings is 2. The minimum Gasteiger partial charge on any atom is -0.495 e. The molecule has 164 valence electrons. The molecule has 3 aromatic rings. The van der Waals surface area contributed by atoms with Gasteiger partial charge in [0.1, 0.15) is 22.8 Å². The van der Waals surface area contributed by atoms with Gasteiger partial charge in [-0.3, -0.25) is 9.59 Å². The number of quaternary nitrogens is 1. The van der Waals surface area contributed by atoms with Gasteiger partial charge in [0.2, 0.25) is 0 Å². The first-order chi connectivity index (χ1) is 15.0. The minimum atomic E-state index is -0.312. The molecule has 0 saturated carbocycles. The summed E-state index contributed by atoms with van der Waals surface area (Å²) in [6, 6.07) is 11.2. The molecule has 1 fully saturated rings. The van der Waals surface area contributed by atoms with Crippen LogP contribution in [0.15, 0.2) is 40.8 Å². The van der Waals surface area contributed by atoms with Crippen LogP contribution in [-0.2, 0) is 14.3 Å². The Kier molecular flexibility index (Phi) is 6.13. The lowest BCUT2D eigenvalue weighted by Crippen LogP contribution is -3.18. The van der Waals surface area contributed by atoms with Gasteiger partial charge in [-0.2, -0.15) is 0 Å². The lowest BCUT2D eigenvalue weighted by atomic mass is 9.97. The number of amides is 1. The van der Waals surface area contributed by atoms with Gasteiger partial charge in [0.05, 0.1) is 32.5 Å². The molecule has 1 amide bonds. The molecule has 0 spiro atoms. The molecule has 7 heteroatoms. The van der Waals surface area contributed by atoms with Crippen molar-refractivity contribution in [3.8, 4) is 5.75 Å². The van der Waals surface area contributed by atoms with Crippen molar-refractivity contribution in [1.82, 2.24) is 0 Å². The second kappa shape index (κ2) is 8.98. The molecule has 1 unspecified atom stereocenters. The van der Waals surface area contributed by atoms with Crippen molar-refractivity contribution in [2.45, 2.75) is 32.7 Å². The highest BCUT2D eigenvalue weighted by atomic mass is 16.5. The number of ether oxygens (including phenoxy) is 2. The van der Waals surface area contributed by atoms with E-state index >= 15 is 0 Å². The van der Waals surface area contributed by atoms with Gasteiger partial charge in [-0.15, -0.1) is 0 Å². The summed E-state index contributed by atoms with van der Waals surface area (Å²) < 4.78 is 16.7. The van der Waals surface area contributed by atoms with Crippen molar-refractivity contribution < 1.29 is 28.4 Å². The van der Waals surface area contributed by atoms with Gasteiger partial charge in [0.15, 0.2) is 6.04 Å². The first-order valence-electron chi connectivity index (χ1n) is 10.8. The van der Waals surface area contributed by atoms with Crippen molar-refractivity contribution in [1.29, 1.82) is 0 Å². The van der Waals surface area contributed by atoms with Crippen LogP contribution in [0.3, 0.4) is 0 Å². The number of rotatable bonds is 6. The Morgan fingerprint density at radius 1 is 1.23 bits per heavy atom. The second-order valence-corrected chi connectivity index (χ2v) is 8.06. The molecule has 31 heavy (non-hydrogen) atoms. The second-order valence-electron chi connectivity index (χ2n) is 8.06. The van der Waals surface area contributed by atoms with Gasteiger partial charge in [-0.25, -0.2) is 0 Å². The van der Waals surface area contributed by atoms with Gasteiger partial charge >= 0.3 is 5.97 Å². The summed E-state index contributed by atoms with van der Waals surface area (Å²) in [5, 5.41) is 4.95. The fraction of sp³-hybridized carbons (Fsp3) is 0.417. The average molecular weight is 426 g/mol. The fourth-order valence-corrected chi connectivity index (χ4v) is 4.40. The van der Waals surface area contributed by atoms with Crippen LogP contribution in [0.4, 0.5) is 5.69 Å². The molecule has 7 nitrogen and oxygen atoms in total. The van der Waals surface area contributed by atoms with E-state index in [1.807, 2.05) is 50.2 Å². The lowest BCUT2D eigenvalue weighted by molar-refractivity contribution is -0.921. The maximum atomic E-state index is 13.1. The van der Waals surface area contributed by atoms with E-state index in [0.29, 0.717) is 30.2 Å². The molecular formula is C24H29N2O5+. The zero-order valence-corrected chi connectivity index (χ0v) is 18.2. The Labute approximate surface area is 181 Å². The Morgan fingerprint density at radius 3 is 2.81 bits per heavy atom. The van der Waals surface area contributed by atoms with Gasteiger partial charge < -0.3 is 24.1 Å². The lowest BCUT2D eigenvalue weighted by Gasteiger charge is -2.32. The van der Waals surface area contributed by atoms with Crippen molar-refractivity contribution in [3.63, 3.8) is 0 Å². The molecule has 2 N–H and O–H groups in total. The van der Waals surface area contributed by atoms with Crippen molar-refractivity contribution in [2.24, 2.45) is 5.92 Å². The zero-order valence-electron chi connectivity index (χ0n) is 18.2. The molecule has 0 radical (unpaired) electrons. The molecule has 1 aliphatic heterocycles. The van der Waals surface area contributed by atoms with E-state index in [2.05, 4.69) is 5.32 Å². The summed E-state index contributed by atoms with van der Waals surface area (Å²) in [7, 11) is 1.59. The highest BCUT2D eigenvalue weighted by Crippen LogP contribution is 2.36. The van der Waals surface area contributed by atoms with Crippen molar-refractivity contribution in [3.05, 3.63) is 36.4 Å². The summed E-state index contributed by atoms with van der Waals surface area (Å²) in [5.41, 5.74) is 2.06. The maximum Gasteiger partial charge on any atom is 0.314 e. The number of hydrogen-bond donors (Lipinski definition) is 2. The monoisotopic (exact) mass is 425 g/mol. The van der Waals surface area contributed by atoms with Crippen LogP contribution in [0.25, 0.3) is 21.9 Å². The predicted octanol–water partition coefficient (Wildman–Crippen LogP) is 2.78. The largest absolute Gasteiger partial charge is 0.495 e. The summed E-state index contributed by atoms with van der Waals surface area (Å²) in [6.45, 7) is 5.54. The number of methoxy groups -OCH3 is 1. The Bertz CT molecular complexity index is 1110. The van der Waals surface area contributed by atoms with Crippen LogP contribution in [0.5, 0.6) is 5.75 Å². The van der Waals surface area contributed by atoms with E-state index in [0.717, 1.165) is 40.6 Å². The topological polar surface area (TPSA) is 82.2 Å². The molecule has 1 aromatic heterocycles. The van der Waals surface area contributed by atoms with E-state index < -0.39 is 0 Å². The number of hydrogen-bond acceptors (Lipinski definition) is 5. The molecule has 1 aliphatic rings. The third-order valence-corrected chi connectivity index (χ3v) is 6.14. The summed E-state index contributed by atoms with van der Waals surface area (Å²) in [4.78, 5) is 26.3. The van der Waals surface area contributed by atoms with Crippen molar-refractivity contribution in [2.75, 3.05) is 32.1 Å². The van der Waals surface area contributed by atoms with Gasteiger partial charge in [0, 0.05) is 16.8 Å². The molecule has 2 heterocycles. The number of para-hydroxylation sites is 1. The predicted molar refractivity (Wildman–Crippen MR) is 118 cm³/mol. The number of furan rings is 1. The third kappa shape index (κ3) is 4.23. The Morgan fingerprint density at radius 2 is 2.03 bits per heavy atom. The third-order valence-electron chi connectivity index (χ3n) is 6.14. The van der Waals surface area contributed by atoms with Crippen LogP contribution in [0, 0.1) is 5.92 Å². The smallest absolute Gasteiger partial charge is 0.314 e. The van der Waals surface area contributed by atoms with E-state index in [4.69, 9.17) is 13.9 Å². The van der Waals surface area contributed by atoms with E-state index in [-0.39, 0.29) is 23.8 Å². The standard InChI is InChI=1S/C24H28N2O5/c1-4-30-24(28)16-8-7-11-26(14-16)15(2)23(27)25-19-13-21-18(12-22(19)29-3)17-9-5-6-10-20(17)31-21/h5-6,9-10,12-13,15-16H,4,7-8,11,14H2,1-3H3,(H,25,27)/p+1/t15-,16-/m0/s1. The number of carbonyl (C=O) groups is 2. The molecule has 0 aliphatic carbocycles. The fourth-order valence-electron chi connectivity index (χ4n) is 4.40. The number of fused-ring (bicyclic) bond motifs is 3. The molecular weight excluding hydrogens is 396 g/mol. The Hall–Kier alpha value is -3.06. The highest BCUT2D eigenvalue weighted by Gasteiger charge is 2.35. The van der Waals surface area contributed by atoms with E-state index in [1.165, 1.54) is 0 Å². The number of piperidine rings is 1. The van der Waals surface area contributed by atoms with Crippen LogP contribution in [-0.4, -0.2) is 44.7 Å². The molecule has 4 rings (SSSR count). The summed E-state index contributed by atoms with van der Waals surface area (Å²) in [6.07, 6.45) is 1.71. The number of carbonyl (C=O) groups excluding carboxylic acids is 2. The summed E-state index contributed by atoms with van der Waals surface area (Å²) in [5.74, 6) is 0.149. The number of nitrogens with one attached hydrogen (secondary N) is 2. The normalized spacial score (nSPS) is 19.8. The van der Waals surface area contributed by atoms with Crippen LogP contribution < -0.4 is 15.0 Å². The SMILES string of the molecule is CCOC(=O)[C@H]1CCC[NH+]([C@@H](C)C(=O)Nc2cc3oc4ccccc4c3cc2OC)C1. The Balaban J connectivity index is 1.53. The highest BCUT2D eigenvalue weighted by molar-refractivity contribution is 6.08. The van der Waals surface area contributed by atoms with Crippen molar-refractivity contribution >= 4 is 39.5 Å². The van der Waals surface area contributed by atoms with Gasteiger partial charge in [-0.05, 0) is 38.8 Å².